The van der Waals surface area contributed by atoms with E-state index in [2.05, 4.69) is 63.0 Å². The molecule has 0 N–H and O–H groups in total. The highest BCUT2D eigenvalue weighted by atomic mass is 14.6. The SMILES string of the molecule is Cc1ccc(C(C)(C)Cc2ccncc2C)cc1. The Hall–Kier alpha value is -1.63. The van der Waals surface area contributed by atoms with Gasteiger partial charge in [-0.3, -0.25) is 4.98 Å². The minimum absolute atomic E-state index is 0.153. The number of rotatable bonds is 3. The standard InChI is InChI=1S/C17H21N/c1-13-5-7-16(8-6-13)17(3,4)11-15-9-10-18-12-14(15)2/h5-10,12H,11H2,1-4H3. The summed E-state index contributed by atoms with van der Waals surface area (Å²) in [5, 5.41) is 0. The Morgan fingerprint density at radius 2 is 1.67 bits per heavy atom. The molecule has 0 atom stereocenters. The summed E-state index contributed by atoms with van der Waals surface area (Å²) in [5.41, 5.74) is 5.52. The van der Waals surface area contributed by atoms with Crippen LogP contribution >= 0.6 is 0 Å². The van der Waals surface area contributed by atoms with Gasteiger partial charge in [-0.15, -0.1) is 0 Å². The first kappa shape index (κ1) is 12.8. The summed E-state index contributed by atoms with van der Waals surface area (Å²) in [4.78, 5) is 4.16. The van der Waals surface area contributed by atoms with Crippen molar-refractivity contribution in [2.24, 2.45) is 0 Å². The number of pyridine rings is 1. The summed E-state index contributed by atoms with van der Waals surface area (Å²) in [5.74, 6) is 0. The molecule has 18 heavy (non-hydrogen) atoms. The van der Waals surface area contributed by atoms with E-state index in [-0.39, 0.29) is 5.41 Å². The highest BCUT2D eigenvalue weighted by Crippen LogP contribution is 2.28. The summed E-state index contributed by atoms with van der Waals surface area (Å²) >= 11 is 0. The van der Waals surface area contributed by atoms with E-state index in [4.69, 9.17) is 0 Å². The van der Waals surface area contributed by atoms with Crippen molar-refractivity contribution in [2.75, 3.05) is 0 Å². The number of aromatic nitrogens is 1. The maximum atomic E-state index is 4.16. The molecule has 94 valence electrons. The fraction of sp³-hybridized carbons (Fsp3) is 0.353. The Morgan fingerprint density at radius 3 is 2.28 bits per heavy atom. The van der Waals surface area contributed by atoms with Gasteiger partial charge in [0.05, 0.1) is 0 Å². The summed E-state index contributed by atoms with van der Waals surface area (Å²) in [7, 11) is 0. The third-order valence-electron chi connectivity index (χ3n) is 3.60. The Morgan fingerprint density at radius 1 is 1.00 bits per heavy atom. The van der Waals surface area contributed by atoms with Crippen LogP contribution in [0.4, 0.5) is 0 Å². The molecule has 1 aromatic carbocycles. The highest BCUT2D eigenvalue weighted by molar-refractivity contribution is 5.32. The van der Waals surface area contributed by atoms with Gasteiger partial charge in [-0.25, -0.2) is 0 Å². The lowest BCUT2D eigenvalue weighted by Crippen LogP contribution is -2.21. The van der Waals surface area contributed by atoms with Crippen LogP contribution < -0.4 is 0 Å². The zero-order valence-electron chi connectivity index (χ0n) is 11.7. The van der Waals surface area contributed by atoms with E-state index in [0.29, 0.717) is 0 Å². The molecule has 0 radical (unpaired) electrons. The first-order valence-electron chi connectivity index (χ1n) is 6.46. The van der Waals surface area contributed by atoms with E-state index in [0.717, 1.165) is 6.42 Å². The molecule has 0 aliphatic carbocycles. The molecule has 0 unspecified atom stereocenters. The molecular weight excluding hydrogens is 218 g/mol. The molecule has 0 spiro atoms. The molecule has 0 saturated heterocycles. The van der Waals surface area contributed by atoms with Gasteiger partial charge in [-0.05, 0) is 48.4 Å². The second kappa shape index (κ2) is 4.93. The Labute approximate surface area is 110 Å². The van der Waals surface area contributed by atoms with Crippen molar-refractivity contribution in [3.05, 3.63) is 65.0 Å². The molecule has 0 saturated carbocycles. The van der Waals surface area contributed by atoms with E-state index in [1.807, 2.05) is 12.4 Å². The molecular formula is C17H21N. The van der Waals surface area contributed by atoms with Crippen LogP contribution in [-0.2, 0) is 11.8 Å². The maximum absolute atomic E-state index is 4.16. The van der Waals surface area contributed by atoms with Crippen LogP contribution in [0.2, 0.25) is 0 Å². The lowest BCUT2D eigenvalue weighted by molar-refractivity contribution is 0.520. The summed E-state index contributed by atoms with van der Waals surface area (Å²) in [6.07, 6.45) is 4.87. The van der Waals surface area contributed by atoms with Crippen LogP contribution in [0.3, 0.4) is 0 Å². The molecule has 2 aromatic rings. The smallest absolute Gasteiger partial charge is 0.0299 e. The molecule has 1 heteroatoms. The van der Waals surface area contributed by atoms with Crippen molar-refractivity contribution in [3.8, 4) is 0 Å². The number of hydrogen-bond donors (Lipinski definition) is 0. The third kappa shape index (κ3) is 2.79. The van der Waals surface area contributed by atoms with Crippen molar-refractivity contribution in [1.29, 1.82) is 0 Å². The second-order valence-electron chi connectivity index (χ2n) is 5.73. The number of hydrogen-bond acceptors (Lipinski definition) is 1. The van der Waals surface area contributed by atoms with Crippen molar-refractivity contribution in [2.45, 2.75) is 39.5 Å². The van der Waals surface area contributed by atoms with Gasteiger partial charge in [0, 0.05) is 12.4 Å². The fourth-order valence-electron chi connectivity index (χ4n) is 2.28. The average molecular weight is 239 g/mol. The van der Waals surface area contributed by atoms with Crippen LogP contribution in [-0.4, -0.2) is 4.98 Å². The van der Waals surface area contributed by atoms with Gasteiger partial charge >= 0.3 is 0 Å². The molecule has 0 aliphatic rings. The summed E-state index contributed by atoms with van der Waals surface area (Å²) in [6, 6.07) is 11.0. The van der Waals surface area contributed by atoms with Gasteiger partial charge in [0.2, 0.25) is 0 Å². The van der Waals surface area contributed by atoms with Crippen LogP contribution in [0.25, 0.3) is 0 Å². The largest absolute Gasteiger partial charge is 0.264 e. The molecule has 1 aromatic heterocycles. The normalized spacial score (nSPS) is 11.6. The molecule has 1 nitrogen and oxygen atoms in total. The van der Waals surface area contributed by atoms with Crippen molar-refractivity contribution >= 4 is 0 Å². The Kier molecular flexibility index (Phi) is 3.51. The molecule has 2 rings (SSSR count). The van der Waals surface area contributed by atoms with Gasteiger partial charge in [0.25, 0.3) is 0 Å². The molecule has 0 amide bonds. The van der Waals surface area contributed by atoms with Gasteiger partial charge in [0.15, 0.2) is 0 Å². The minimum Gasteiger partial charge on any atom is -0.264 e. The fourth-order valence-corrected chi connectivity index (χ4v) is 2.28. The van der Waals surface area contributed by atoms with Crippen molar-refractivity contribution in [1.82, 2.24) is 4.98 Å². The van der Waals surface area contributed by atoms with Crippen molar-refractivity contribution in [3.63, 3.8) is 0 Å². The zero-order chi connectivity index (χ0) is 13.2. The number of aryl methyl sites for hydroxylation is 2. The zero-order valence-corrected chi connectivity index (χ0v) is 11.7. The average Bonchev–Trinajstić information content (AvgIpc) is 2.32. The Balaban J connectivity index is 2.27. The van der Waals surface area contributed by atoms with E-state index < -0.39 is 0 Å². The summed E-state index contributed by atoms with van der Waals surface area (Å²) in [6.45, 7) is 8.87. The topological polar surface area (TPSA) is 12.9 Å². The quantitative estimate of drug-likeness (QED) is 0.781. The number of benzene rings is 1. The monoisotopic (exact) mass is 239 g/mol. The molecule has 0 fully saturated rings. The molecule has 1 heterocycles. The van der Waals surface area contributed by atoms with Gasteiger partial charge in [-0.1, -0.05) is 43.7 Å². The van der Waals surface area contributed by atoms with Gasteiger partial charge < -0.3 is 0 Å². The van der Waals surface area contributed by atoms with Gasteiger partial charge in [-0.2, -0.15) is 0 Å². The first-order chi connectivity index (χ1) is 8.49. The van der Waals surface area contributed by atoms with Crippen LogP contribution in [0.5, 0.6) is 0 Å². The van der Waals surface area contributed by atoms with E-state index in [9.17, 15) is 0 Å². The third-order valence-corrected chi connectivity index (χ3v) is 3.60. The number of nitrogens with zero attached hydrogens (tertiary/aromatic N) is 1. The Bertz CT molecular complexity index is 524. The minimum atomic E-state index is 0.153. The van der Waals surface area contributed by atoms with E-state index in [1.165, 1.54) is 22.3 Å². The van der Waals surface area contributed by atoms with Gasteiger partial charge in [0.1, 0.15) is 0 Å². The predicted octanol–water partition coefficient (Wildman–Crippen LogP) is 4.22. The maximum Gasteiger partial charge on any atom is 0.0299 e. The van der Waals surface area contributed by atoms with E-state index in [1.54, 1.807) is 0 Å². The highest BCUT2D eigenvalue weighted by Gasteiger charge is 2.21. The lowest BCUT2D eigenvalue weighted by atomic mass is 9.78. The van der Waals surface area contributed by atoms with Crippen LogP contribution in [0.1, 0.15) is 36.1 Å². The van der Waals surface area contributed by atoms with Crippen LogP contribution in [0.15, 0.2) is 42.7 Å². The lowest BCUT2D eigenvalue weighted by Gasteiger charge is -2.26. The first-order valence-corrected chi connectivity index (χ1v) is 6.46. The van der Waals surface area contributed by atoms with Crippen molar-refractivity contribution < 1.29 is 0 Å². The predicted molar refractivity (Wildman–Crippen MR) is 76.9 cm³/mol. The molecule has 0 aliphatic heterocycles. The van der Waals surface area contributed by atoms with E-state index >= 15 is 0 Å². The molecule has 0 bridgehead atoms. The second-order valence-corrected chi connectivity index (χ2v) is 5.73. The van der Waals surface area contributed by atoms with Crippen LogP contribution in [0, 0.1) is 13.8 Å². The summed E-state index contributed by atoms with van der Waals surface area (Å²) < 4.78 is 0.